The van der Waals surface area contributed by atoms with Gasteiger partial charge in [-0.3, -0.25) is 0 Å². The Labute approximate surface area is 65.9 Å². The molecule has 1 aliphatic heterocycles. The Kier molecular flexibility index (Phi) is 2.84. The van der Waals surface area contributed by atoms with Gasteiger partial charge in [-0.25, -0.2) is 0 Å². The van der Waals surface area contributed by atoms with E-state index in [4.69, 9.17) is 5.11 Å². The van der Waals surface area contributed by atoms with Crippen LogP contribution in [-0.4, -0.2) is 46.2 Å². The number of aliphatic hydroxyl groups is 3. The van der Waals surface area contributed by atoms with E-state index in [9.17, 15) is 10.2 Å². The largest absolute Gasteiger partial charge is 0.395 e. The molecule has 0 radical (unpaired) electrons. The van der Waals surface area contributed by atoms with Crippen LogP contribution in [0.1, 0.15) is 13.3 Å². The van der Waals surface area contributed by atoms with Crippen LogP contribution in [0.4, 0.5) is 0 Å². The summed E-state index contributed by atoms with van der Waals surface area (Å²) in [7, 11) is 0. The molecule has 1 heterocycles. The summed E-state index contributed by atoms with van der Waals surface area (Å²) in [4.78, 5) is 0. The number of piperidine rings is 1. The van der Waals surface area contributed by atoms with Gasteiger partial charge in [-0.05, 0) is 6.92 Å². The van der Waals surface area contributed by atoms with Crippen molar-refractivity contribution in [3.05, 3.63) is 0 Å². The summed E-state index contributed by atoms with van der Waals surface area (Å²) in [5.41, 5.74) is 0. The lowest BCUT2D eigenvalue weighted by molar-refractivity contribution is -0.0151. The van der Waals surface area contributed by atoms with E-state index in [1.165, 1.54) is 0 Å². The van der Waals surface area contributed by atoms with E-state index in [2.05, 4.69) is 5.32 Å². The summed E-state index contributed by atoms with van der Waals surface area (Å²) in [5, 5.41) is 30.2. The minimum absolute atomic E-state index is 0.0458. The van der Waals surface area contributed by atoms with Crippen molar-refractivity contribution in [2.45, 2.75) is 37.6 Å². The Hall–Kier alpha value is -0.160. The van der Waals surface area contributed by atoms with Gasteiger partial charge in [-0.1, -0.05) is 0 Å². The third-order valence-corrected chi connectivity index (χ3v) is 2.20. The lowest BCUT2D eigenvalue weighted by Gasteiger charge is -2.35. The molecular weight excluding hydrogens is 146 g/mol. The number of aliphatic hydroxyl groups excluding tert-OH is 3. The van der Waals surface area contributed by atoms with Gasteiger partial charge in [0.2, 0.25) is 0 Å². The monoisotopic (exact) mass is 161 g/mol. The molecule has 0 saturated carbocycles. The second-order valence-electron chi connectivity index (χ2n) is 3.11. The van der Waals surface area contributed by atoms with Gasteiger partial charge >= 0.3 is 0 Å². The number of rotatable bonds is 1. The van der Waals surface area contributed by atoms with Gasteiger partial charge in [0, 0.05) is 12.5 Å². The molecule has 0 amide bonds. The molecule has 4 N–H and O–H groups in total. The van der Waals surface area contributed by atoms with Crippen LogP contribution in [0, 0.1) is 0 Å². The fourth-order valence-corrected chi connectivity index (χ4v) is 1.35. The van der Waals surface area contributed by atoms with E-state index in [0.29, 0.717) is 6.42 Å². The standard InChI is InChI=1S/C7H15NO3/c1-4-6(10)2-7(11)5(3-9)8-4/h4-11H,2-3H2,1H3/t4-,5-,6-,7+/m1/s1. The molecule has 4 heteroatoms. The molecule has 1 fully saturated rings. The second-order valence-corrected chi connectivity index (χ2v) is 3.11. The average molecular weight is 161 g/mol. The smallest absolute Gasteiger partial charge is 0.0740 e. The van der Waals surface area contributed by atoms with Crippen molar-refractivity contribution < 1.29 is 15.3 Å². The molecule has 0 spiro atoms. The van der Waals surface area contributed by atoms with Gasteiger partial charge in [0.05, 0.1) is 24.9 Å². The molecule has 0 aromatic heterocycles. The van der Waals surface area contributed by atoms with E-state index >= 15 is 0 Å². The van der Waals surface area contributed by atoms with Crippen LogP contribution in [0.15, 0.2) is 0 Å². The summed E-state index contributed by atoms with van der Waals surface area (Å²) < 4.78 is 0. The Balaban J connectivity index is 2.48. The van der Waals surface area contributed by atoms with Crippen LogP contribution >= 0.6 is 0 Å². The summed E-state index contributed by atoms with van der Waals surface area (Å²) in [6, 6.07) is -0.330. The Bertz CT molecular complexity index is 131. The number of hydrogen-bond acceptors (Lipinski definition) is 4. The highest BCUT2D eigenvalue weighted by molar-refractivity contribution is 4.89. The van der Waals surface area contributed by atoms with E-state index in [-0.39, 0.29) is 18.7 Å². The van der Waals surface area contributed by atoms with Crippen molar-refractivity contribution >= 4 is 0 Å². The quantitative estimate of drug-likeness (QED) is 0.376. The molecule has 0 aromatic rings. The third kappa shape index (κ3) is 1.90. The predicted octanol–water partition coefficient (Wildman–Crippen LogP) is -1.55. The van der Waals surface area contributed by atoms with Crippen LogP contribution in [0.3, 0.4) is 0 Å². The zero-order valence-electron chi connectivity index (χ0n) is 6.57. The predicted molar refractivity (Wildman–Crippen MR) is 40.1 cm³/mol. The van der Waals surface area contributed by atoms with E-state index < -0.39 is 12.2 Å². The summed E-state index contributed by atoms with van der Waals surface area (Å²) in [5.74, 6) is 0. The molecule has 1 saturated heterocycles. The maximum absolute atomic E-state index is 9.27. The van der Waals surface area contributed by atoms with Gasteiger partial charge in [-0.2, -0.15) is 0 Å². The first-order valence-electron chi connectivity index (χ1n) is 3.88. The third-order valence-electron chi connectivity index (χ3n) is 2.20. The van der Waals surface area contributed by atoms with Crippen LogP contribution in [-0.2, 0) is 0 Å². The second kappa shape index (κ2) is 3.49. The number of nitrogens with one attached hydrogen (secondary N) is 1. The van der Waals surface area contributed by atoms with Crippen molar-refractivity contribution in [1.82, 2.24) is 5.32 Å². The molecule has 66 valence electrons. The summed E-state index contributed by atoms with van der Waals surface area (Å²) in [6.45, 7) is 1.75. The van der Waals surface area contributed by atoms with Crippen LogP contribution in [0.2, 0.25) is 0 Å². The normalized spacial score (nSPS) is 45.8. The van der Waals surface area contributed by atoms with Crippen molar-refractivity contribution in [3.63, 3.8) is 0 Å². The molecule has 4 nitrogen and oxygen atoms in total. The van der Waals surface area contributed by atoms with Gasteiger partial charge in [-0.15, -0.1) is 0 Å². The molecule has 0 aliphatic carbocycles. The van der Waals surface area contributed by atoms with Gasteiger partial charge in [0.15, 0.2) is 0 Å². The maximum atomic E-state index is 9.27. The highest BCUT2D eigenvalue weighted by Gasteiger charge is 2.31. The lowest BCUT2D eigenvalue weighted by atomic mass is 9.94. The lowest BCUT2D eigenvalue weighted by Crippen LogP contribution is -2.57. The fourth-order valence-electron chi connectivity index (χ4n) is 1.35. The molecule has 11 heavy (non-hydrogen) atoms. The minimum atomic E-state index is -0.633. The van der Waals surface area contributed by atoms with Crippen molar-refractivity contribution in [2.24, 2.45) is 0 Å². The first-order chi connectivity index (χ1) is 5.15. The Morgan fingerprint density at radius 1 is 1.36 bits per heavy atom. The molecular formula is C7H15NO3. The van der Waals surface area contributed by atoms with Crippen molar-refractivity contribution in [1.29, 1.82) is 0 Å². The Morgan fingerprint density at radius 3 is 2.55 bits per heavy atom. The molecule has 0 unspecified atom stereocenters. The molecule has 0 aromatic carbocycles. The highest BCUT2D eigenvalue weighted by atomic mass is 16.3. The van der Waals surface area contributed by atoms with Crippen molar-refractivity contribution in [3.8, 4) is 0 Å². The van der Waals surface area contributed by atoms with Gasteiger partial charge in [0.25, 0.3) is 0 Å². The molecule has 4 atom stereocenters. The molecule has 1 aliphatic rings. The topological polar surface area (TPSA) is 72.7 Å². The van der Waals surface area contributed by atoms with Crippen LogP contribution in [0.5, 0.6) is 0 Å². The first kappa shape index (κ1) is 8.93. The Morgan fingerprint density at radius 2 is 2.00 bits per heavy atom. The fraction of sp³-hybridized carbons (Fsp3) is 1.00. The number of hydrogen-bond donors (Lipinski definition) is 4. The van der Waals surface area contributed by atoms with Crippen LogP contribution in [0.25, 0.3) is 0 Å². The van der Waals surface area contributed by atoms with Crippen molar-refractivity contribution in [2.75, 3.05) is 6.61 Å². The molecule has 0 bridgehead atoms. The SMILES string of the molecule is C[C@H]1N[C@H](CO)[C@@H](O)C[C@H]1O. The van der Waals surface area contributed by atoms with Gasteiger partial charge in [0.1, 0.15) is 0 Å². The zero-order valence-corrected chi connectivity index (χ0v) is 6.57. The first-order valence-corrected chi connectivity index (χ1v) is 3.88. The average Bonchev–Trinajstić information content (AvgIpc) is 1.97. The summed E-state index contributed by atoms with van der Waals surface area (Å²) in [6.07, 6.45) is -0.793. The minimum Gasteiger partial charge on any atom is -0.395 e. The van der Waals surface area contributed by atoms with Crippen LogP contribution < -0.4 is 5.32 Å². The van der Waals surface area contributed by atoms with E-state index in [0.717, 1.165) is 0 Å². The maximum Gasteiger partial charge on any atom is 0.0740 e. The summed E-state index contributed by atoms with van der Waals surface area (Å²) >= 11 is 0. The highest BCUT2D eigenvalue weighted by Crippen LogP contribution is 2.13. The van der Waals surface area contributed by atoms with E-state index in [1.807, 2.05) is 6.92 Å². The molecule has 1 rings (SSSR count). The van der Waals surface area contributed by atoms with E-state index in [1.54, 1.807) is 0 Å². The van der Waals surface area contributed by atoms with Gasteiger partial charge < -0.3 is 20.6 Å². The zero-order chi connectivity index (χ0) is 8.43.